The largest absolute Gasteiger partial charge is 0.354 e. The van der Waals surface area contributed by atoms with Crippen molar-refractivity contribution in [3.8, 4) is 0 Å². The zero-order valence-electron chi connectivity index (χ0n) is 13.0. The van der Waals surface area contributed by atoms with Crippen LogP contribution in [0.1, 0.15) is 33.1 Å². The maximum atomic E-state index is 12.2. The molecule has 6 nitrogen and oxygen atoms in total. The van der Waals surface area contributed by atoms with E-state index in [0.717, 1.165) is 17.7 Å². The number of aromatic nitrogens is 2. The molecule has 2 aromatic heterocycles. The topological polar surface area (TPSA) is 90.0 Å². The Bertz CT molecular complexity index is 703. The lowest BCUT2D eigenvalue weighted by atomic mass is 9.94. The summed E-state index contributed by atoms with van der Waals surface area (Å²) in [5.74, 6) is -0.103. The van der Waals surface area contributed by atoms with Crippen LogP contribution in [0.15, 0.2) is 22.6 Å². The van der Waals surface area contributed by atoms with E-state index in [4.69, 9.17) is 5.73 Å². The Hall–Kier alpha value is -1.73. The molecule has 120 valence electrons. The highest BCUT2D eigenvalue weighted by atomic mass is 32.1. The molecule has 0 saturated carbocycles. The fourth-order valence-corrected chi connectivity index (χ4v) is 2.86. The lowest BCUT2D eigenvalue weighted by molar-refractivity contribution is -0.121. The summed E-state index contributed by atoms with van der Waals surface area (Å²) in [6.07, 6.45) is 3.35. The van der Waals surface area contributed by atoms with Gasteiger partial charge < -0.3 is 11.1 Å². The summed E-state index contributed by atoms with van der Waals surface area (Å²) in [5, 5.41) is 5.29. The number of hydrogen-bond acceptors (Lipinski definition) is 5. The SMILES string of the molecule is CCC(N)(CC)CNC(=O)CCn1cnc2sccc2c1=O. The molecule has 0 spiro atoms. The van der Waals surface area contributed by atoms with Gasteiger partial charge >= 0.3 is 0 Å². The summed E-state index contributed by atoms with van der Waals surface area (Å²) in [5.41, 5.74) is 5.69. The number of aryl methyl sites for hydroxylation is 1. The average molecular weight is 322 g/mol. The van der Waals surface area contributed by atoms with Gasteiger partial charge in [-0.05, 0) is 24.3 Å². The number of fused-ring (bicyclic) bond motifs is 1. The van der Waals surface area contributed by atoms with E-state index in [2.05, 4.69) is 10.3 Å². The van der Waals surface area contributed by atoms with Crippen molar-refractivity contribution in [3.05, 3.63) is 28.1 Å². The Balaban J connectivity index is 1.93. The van der Waals surface area contributed by atoms with Crippen molar-refractivity contribution in [1.82, 2.24) is 14.9 Å². The van der Waals surface area contributed by atoms with Gasteiger partial charge in [0, 0.05) is 25.0 Å². The molecule has 2 rings (SSSR count). The van der Waals surface area contributed by atoms with E-state index < -0.39 is 0 Å². The van der Waals surface area contributed by atoms with E-state index in [1.165, 1.54) is 22.2 Å². The number of carbonyl (C=O) groups is 1. The van der Waals surface area contributed by atoms with Crippen LogP contribution in [0.25, 0.3) is 10.2 Å². The van der Waals surface area contributed by atoms with E-state index >= 15 is 0 Å². The molecule has 2 heterocycles. The standard InChI is InChI=1S/C15H22N4O2S/c1-3-15(16,4-2)9-17-12(20)5-7-19-10-18-13-11(14(19)21)6-8-22-13/h6,8,10H,3-5,7,9,16H2,1-2H3,(H,17,20). The van der Waals surface area contributed by atoms with Crippen LogP contribution in [0.3, 0.4) is 0 Å². The van der Waals surface area contributed by atoms with Crippen LogP contribution < -0.4 is 16.6 Å². The summed E-state index contributed by atoms with van der Waals surface area (Å²) in [6.45, 7) is 4.79. The van der Waals surface area contributed by atoms with Crippen LogP contribution in [0.2, 0.25) is 0 Å². The van der Waals surface area contributed by atoms with Gasteiger partial charge in [-0.1, -0.05) is 13.8 Å². The van der Waals surface area contributed by atoms with Gasteiger partial charge in [-0.2, -0.15) is 0 Å². The lowest BCUT2D eigenvalue weighted by Gasteiger charge is -2.26. The van der Waals surface area contributed by atoms with Gasteiger partial charge in [0.25, 0.3) is 5.56 Å². The second-order valence-corrected chi connectivity index (χ2v) is 6.37. The first kappa shape index (κ1) is 16.6. The van der Waals surface area contributed by atoms with Crippen LogP contribution in [-0.2, 0) is 11.3 Å². The molecular weight excluding hydrogens is 300 g/mol. The molecule has 0 atom stereocenters. The Morgan fingerprint density at radius 2 is 2.18 bits per heavy atom. The summed E-state index contributed by atoms with van der Waals surface area (Å²) in [4.78, 5) is 29.1. The quantitative estimate of drug-likeness (QED) is 0.808. The van der Waals surface area contributed by atoms with E-state index in [1.54, 1.807) is 6.07 Å². The third-order valence-electron chi connectivity index (χ3n) is 4.08. The molecule has 0 aromatic carbocycles. The highest BCUT2D eigenvalue weighted by Gasteiger charge is 2.20. The van der Waals surface area contributed by atoms with Crippen LogP contribution in [0.4, 0.5) is 0 Å². The molecule has 0 fully saturated rings. The van der Waals surface area contributed by atoms with Crippen molar-refractivity contribution in [2.75, 3.05) is 6.54 Å². The number of rotatable bonds is 7. The first-order valence-electron chi connectivity index (χ1n) is 7.47. The van der Waals surface area contributed by atoms with Crippen molar-refractivity contribution < 1.29 is 4.79 Å². The summed E-state index contributed by atoms with van der Waals surface area (Å²) >= 11 is 1.43. The number of nitrogens with one attached hydrogen (secondary N) is 1. The van der Waals surface area contributed by atoms with Gasteiger partial charge in [0.2, 0.25) is 5.91 Å². The molecule has 1 amide bonds. The predicted molar refractivity (Wildman–Crippen MR) is 89.0 cm³/mol. The number of hydrogen-bond donors (Lipinski definition) is 2. The van der Waals surface area contributed by atoms with E-state index in [0.29, 0.717) is 18.5 Å². The fraction of sp³-hybridized carbons (Fsp3) is 0.533. The number of nitrogens with zero attached hydrogens (tertiary/aromatic N) is 2. The monoisotopic (exact) mass is 322 g/mol. The summed E-state index contributed by atoms with van der Waals surface area (Å²) < 4.78 is 1.48. The van der Waals surface area contributed by atoms with Crippen LogP contribution in [0.5, 0.6) is 0 Å². The molecule has 0 aliphatic rings. The smallest absolute Gasteiger partial charge is 0.262 e. The molecule has 0 bridgehead atoms. The number of carbonyl (C=O) groups excluding carboxylic acids is 1. The Morgan fingerprint density at radius 3 is 2.86 bits per heavy atom. The first-order valence-corrected chi connectivity index (χ1v) is 8.35. The Kier molecular flexibility index (Phi) is 5.31. The lowest BCUT2D eigenvalue weighted by Crippen LogP contribution is -2.49. The van der Waals surface area contributed by atoms with Crippen molar-refractivity contribution in [1.29, 1.82) is 0 Å². The molecule has 22 heavy (non-hydrogen) atoms. The first-order chi connectivity index (χ1) is 10.5. The van der Waals surface area contributed by atoms with Gasteiger partial charge in [0.1, 0.15) is 4.83 Å². The zero-order valence-corrected chi connectivity index (χ0v) is 13.8. The molecule has 0 aliphatic heterocycles. The third kappa shape index (κ3) is 3.72. The van der Waals surface area contributed by atoms with Crippen LogP contribution in [-0.4, -0.2) is 27.5 Å². The maximum Gasteiger partial charge on any atom is 0.262 e. The number of amides is 1. The molecule has 0 unspecified atom stereocenters. The molecule has 7 heteroatoms. The second kappa shape index (κ2) is 7.02. The molecule has 0 radical (unpaired) electrons. The highest BCUT2D eigenvalue weighted by Crippen LogP contribution is 2.13. The Labute approximate surface area is 133 Å². The minimum Gasteiger partial charge on any atom is -0.354 e. The van der Waals surface area contributed by atoms with Gasteiger partial charge in [-0.25, -0.2) is 4.98 Å². The second-order valence-electron chi connectivity index (χ2n) is 5.48. The highest BCUT2D eigenvalue weighted by molar-refractivity contribution is 7.16. The van der Waals surface area contributed by atoms with Crippen molar-refractivity contribution in [2.24, 2.45) is 5.73 Å². The van der Waals surface area contributed by atoms with Crippen LogP contribution in [0, 0.1) is 0 Å². The molecule has 2 aromatic rings. The maximum absolute atomic E-state index is 12.2. The van der Waals surface area contributed by atoms with E-state index in [-0.39, 0.29) is 23.4 Å². The third-order valence-corrected chi connectivity index (χ3v) is 4.90. The van der Waals surface area contributed by atoms with Gasteiger partial charge in [-0.3, -0.25) is 14.2 Å². The zero-order chi connectivity index (χ0) is 16.2. The summed E-state index contributed by atoms with van der Waals surface area (Å²) in [7, 11) is 0. The van der Waals surface area contributed by atoms with Gasteiger partial charge in [-0.15, -0.1) is 11.3 Å². The van der Waals surface area contributed by atoms with Gasteiger partial charge in [0.15, 0.2) is 0 Å². The normalized spacial score (nSPS) is 11.8. The average Bonchev–Trinajstić information content (AvgIpc) is 3.01. The molecule has 0 saturated heterocycles. The van der Waals surface area contributed by atoms with Crippen molar-refractivity contribution in [3.63, 3.8) is 0 Å². The fourth-order valence-electron chi connectivity index (χ4n) is 2.14. The number of thiophene rings is 1. The van der Waals surface area contributed by atoms with Gasteiger partial charge in [0.05, 0.1) is 11.7 Å². The summed E-state index contributed by atoms with van der Waals surface area (Å²) in [6, 6.07) is 1.76. The van der Waals surface area contributed by atoms with Crippen LogP contribution >= 0.6 is 11.3 Å². The predicted octanol–water partition coefficient (Wildman–Crippen LogP) is 1.48. The van der Waals surface area contributed by atoms with E-state index in [1.807, 2.05) is 19.2 Å². The minimum absolute atomic E-state index is 0.102. The van der Waals surface area contributed by atoms with Crippen molar-refractivity contribution in [2.45, 2.75) is 45.2 Å². The Morgan fingerprint density at radius 1 is 1.45 bits per heavy atom. The van der Waals surface area contributed by atoms with Crippen molar-refractivity contribution >= 4 is 27.5 Å². The molecule has 0 aliphatic carbocycles. The number of nitrogens with two attached hydrogens (primary N) is 1. The molecular formula is C15H22N4O2S. The minimum atomic E-state index is -0.357. The molecule has 3 N–H and O–H groups in total. The van der Waals surface area contributed by atoms with E-state index in [9.17, 15) is 9.59 Å².